The molecule has 0 spiro atoms. The van der Waals surface area contributed by atoms with Gasteiger partial charge in [-0.25, -0.2) is 0 Å². The number of hydrogen-bond acceptors (Lipinski definition) is 0. The van der Waals surface area contributed by atoms with Gasteiger partial charge in [-0.2, -0.15) is 0 Å². The average molecular weight is 249 g/mol. The molecule has 0 aromatic rings. The molecular weight excluding hydrogens is 229 g/mol. The van der Waals surface area contributed by atoms with Gasteiger partial charge >= 0.3 is 0 Å². The molecule has 0 aromatic heterocycles. The van der Waals surface area contributed by atoms with Crippen molar-refractivity contribution in [2.45, 2.75) is 44.9 Å². The van der Waals surface area contributed by atoms with Crippen LogP contribution in [0.15, 0.2) is 0 Å². The van der Waals surface area contributed by atoms with E-state index in [9.17, 15) is 0 Å². The average Bonchev–Trinajstić information content (AvgIpc) is 1.14. The Hall–Kier alpha value is 1.54. The molecule has 0 aliphatic heterocycles. The van der Waals surface area contributed by atoms with Crippen LogP contribution in [0.1, 0.15) is 0 Å². The smallest absolute Gasteiger partial charge is 0.0416 e. The predicted molar refractivity (Wildman–Crippen MR) is 51.5 cm³/mol. The van der Waals surface area contributed by atoms with Crippen LogP contribution in [0.5, 0.6) is 0 Å². The molecule has 0 saturated carbocycles. The Balaban J connectivity index is 0. The molecule has 0 unspecified atom stereocenters. The SMILES string of the molecule is C[Si](C)(C)C[Si](C)(C)C.[Y]. The van der Waals surface area contributed by atoms with Crippen LogP contribution in [0.4, 0.5) is 0 Å². The predicted octanol–water partition coefficient (Wildman–Crippen LogP) is 3.20. The Kier molecular flexibility index (Phi) is 6.39. The quantitative estimate of drug-likeness (QED) is 0.659. The maximum atomic E-state index is 2.46. The van der Waals surface area contributed by atoms with E-state index in [0.717, 1.165) is 0 Å². The van der Waals surface area contributed by atoms with E-state index in [2.05, 4.69) is 39.3 Å². The van der Waals surface area contributed by atoms with Gasteiger partial charge in [-0.1, -0.05) is 44.9 Å². The van der Waals surface area contributed by atoms with E-state index in [1.54, 1.807) is 5.67 Å². The van der Waals surface area contributed by atoms with Gasteiger partial charge < -0.3 is 0 Å². The number of hydrogen-bond donors (Lipinski definition) is 0. The van der Waals surface area contributed by atoms with Crippen LogP contribution in [0.3, 0.4) is 0 Å². The summed E-state index contributed by atoms with van der Waals surface area (Å²) in [5.74, 6) is 0. The maximum Gasteiger partial charge on any atom is 0.0416 e. The van der Waals surface area contributed by atoms with Gasteiger partial charge in [0.2, 0.25) is 0 Å². The van der Waals surface area contributed by atoms with Crippen LogP contribution < -0.4 is 0 Å². The molecule has 0 rings (SSSR count). The molecule has 0 atom stereocenters. The van der Waals surface area contributed by atoms with Crippen LogP contribution in [0.2, 0.25) is 44.9 Å². The van der Waals surface area contributed by atoms with Crippen molar-refractivity contribution in [3.63, 3.8) is 0 Å². The van der Waals surface area contributed by atoms with Crippen molar-refractivity contribution in [3.05, 3.63) is 0 Å². The second-order valence-electron chi connectivity index (χ2n) is 5.30. The van der Waals surface area contributed by atoms with Crippen molar-refractivity contribution in [1.29, 1.82) is 0 Å². The summed E-state index contributed by atoms with van der Waals surface area (Å²) in [5.41, 5.74) is 1.57. The Labute approximate surface area is 93.1 Å². The molecule has 0 saturated heterocycles. The summed E-state index contributed by atoms with van der Waals surface area (Å²) >= 11 is 0. The zero-order valence-electron chi connectivity index (χ0n) is 8.28. The zero-order chi connectivity index (χ0) is 7.71. The summed E-state index contributed by atoms with van der Waals surface area (Å²) in [6, 6.07) is 0. The van der Waals surface area contributed by atoms with Crippen molar-refractivity contribution in [2.75, 3.05) is 0 Å². The molecule has 3 heteroatoms. The summed E-state index contributed by atoms with van der Waals surface area (Å²) in [6.07, 6.45) is 0. The molecule has 0 bridgehead atoms. The van der Waals surface area contributed by atoms with Gasteiger partial charge in [0.25, 0.3) is 0 Å². The van der Waals surface area contributed by atoms with Crippen LogP contribution in [-0.4, -0.2) is 16.1 Å². The molecule has 0 aliphatic rings. The van der Waals surface area contributed by atoms with Gasteiger partial charge in [0, 0.05) is 48.9 Å². The summed E-state index contributed by atoms with van der Waals surface area (Å²) in [4.78, 5) is 0. The molecule has 0 aromatic carbocycles. The van der Waals surface area contributed by atoms with Gasteiger partial charge in [0.05, 0.1) is 0 Å². The van der Waals surface area contributed by atoms with Crippen LogP contribution in [0, 0.1) is 0 Å². The van der Waals surface area contributed by atoms with Gasteiger partial charge in [0.1, 0.15) is 0 Å². The van der Waals surface area contributed by atoms with E-state index in [-0.39, 0.29) is 32.7 Å². The van der Waals surface area contributed by atoms with Crippen LogP contribution in [-0.2, 0) is 32.7 Å². The largest absolute Gasteiger partial charge is 0.0698 e. The fourth-order valence-corrected chi connectivity index (χ4v) is 14.3. The number of rotatable bonds is 2. The molecular formula is C7H20Si2Y. The fourth-order valence-electron chi connectivity index (χ4n) is 1.59. The standard InChI is InChI=1S/C7H20Si2.Y/c1-8(2,3)7-9(4,5)6;/h7H2,1-6H3;. The van der Waals surface area contributed by atoms with Crippen molar-refractivity contribution in [3.8, 4) is 0 Å². The molecule has 1 radical (unpaired) electrons. The third kappa shape index (κ3) is 12.2. The van der Waals surface area contributed by atoms with E-state index >= 15 is 0 Å². The Morgan fingerprint density at radius 2 is 0.900 bits per heavy atom. The van der Waals surface area contributed by atoms with E-state index in [0.29, 0.717) is 0 Å². The first kappa shape index (κ1) is 14.1. The minimum atomic E-state index is -0.731. The van der Waals surface area contributed by atoms with Crippen molar-refractivity contribution < 1.29 is 32.7 Å². The third-order valence-electron chi connectivity index (χ3n) is 1.06. The maximum absolute atomic E-state index is 2.46. The van der Waals surface area contributed by atoms with Crippen molar-refractivity contribution in [2.24, 2.45) is 0 Å². The monoisotopic (exact) mass is 249 g/mol. The van der Waals surface area contributed by atoms with E-state index in [1.165, 1.54) is 0 Å². The van der Waals surface area contributed by atoms with Gasteiger partial charge in [0.15, 0.2) is 0 Å². The molecule has 0 heterocycles. The van der Waals surface area contributed by atoms with Crippen LogP contribution in [0.25, 0.3) is 0 Å². The molecule has 59 valence electrons. The molecule has 0 amide bonds. The van der Waals surface area contributed by atoms with E-state index < -0.39 is 16.1 Å². The molecule has 0 fully saturated rings. The molecule has 0 aliphatic carbocycles. The molecule has 10 heavy (non-hydrogen) atoms. The minimum absolute atomic E-state index is 0. The Morgan fingerprint density at radius 1 is 0.700 bits per heavy atom. The topological polar surface area (TPSA) is 0 Å². The first-order chi connectivity index (χ1) is 3.71. The second-order valence-corrected chi connectivity index (χ2v) is 17.0. The normalized spacial score (nSPS) is 12.6. The second kappa shape index (κ2) is 4.54. The first-order valence-corrected chi connectivity index (χ1v) is 11.1. The fraction of sp³-hybridized carbons (Fsp3) is 1.00. The minimum Gasteiger partial charge on any atom is -0.0698 e. The van der Waals surface area contributed by atoms with Gasteiger partial charge in [-0.05, 0) is 0 Å². The van der Waals surface area contributed by atoms with Crippen molar-refractivity contribution in [1.82, 2.24) is 0 Å². The summed E-state index contributed by atoms with van der Waals surface area (Å²) < 4.78 is 0. The Morgan fingerprint density at radius 3 is 0.900 bits per heavy atom. The Bertz CT molecular complexity index is 76.8. The van der Waals surface area contributed by atoms with Crippen LogP contribution >= 0.6 is 0 Å². The summed E-state index contributed by atoms with van der Waals surface area (Å²) in [7, 11) is -1.46. The van der Waals surface area contributed by atoms with Crippen molar-refractivity contribution >= 4 is 16.1 Å². The summed E-state index contributed by atoms with van der Waals surface area (Å²) in [5, 5.41) is 0. The molecule has 0 nitrogen and oxygen atoms in total. The first-order valence-electron chi connectivity index (χ1n) is 3.71. The zero-order valence-corrected chi connectivity index (χ0v) is 13.1. The molecule has 0 N–H and O–H groups in total. The van der Waals surface area contributed by atoms with Gasteiger partial charge in [-0.3, -0.25) is 0 Å². The van der Waals surface area contributed by atoms with E-state index in [1.807, 2.05) is 0 Å². The third-order valence-corrected chi connectivity index (χ3v) is 9.55. The summed E-state index contributed by atoms with van der Waals surface area (Å²) in [6.45, 7) is 14.8. The van der Waals surface area contributed by atoms with Gasteiger partial charge in [-0.15, -0.1) is 0 Å². The van der Waals surface area contributed by atoms with E-state index in [4.69, 9.17) is 0 Å².